The second kappa shape index (κ2) is 8.14. The number of imidazole rings is 1. The fourth-order valence-corrected chi connectivity index (χ4v) is 5.90. The molecule has 0 amide bonds. The zero-order valence-electron chi connectivity index (χ0n) is 16.0. The van der Waals surface area contributed by atoms with Crippen LogP contribution in [0, 0.1) is 24.5 Å². The molecular weight excluding hydrogens is 440 g/mol. The molecule has 0 aliphatic carbocycles. The van der Waals surface area contributed by atoms with Crippen molar-refractivity contribution in [2.45, 2.75) is 37.9 Å². The predicted molar refractivity (Wildman–Crippen MR) is 111 cm³/mol. The SMILES string of the molecule is Cc1c(CC(C)C)sc(S(N)(=O)=O)c1-c1c(F)cc(Cn2ccnc2Cl)cc1F. The van der Waals surface area contributed by atoms with E-state index in [-0.39, 0.29) is 27.5 Å². The predicted octanol–water partition coefficient (Wildman–Crippen LogP) is 4.75. The van der Waals surface area contributed by atoms with Crippen molar-refractivity contribution in [2.75, 3.05) is 0 Å². The van der Waals surface area contributed by atoms with Crippen molar-refractivity contribution in [3.8, 4) is 11.1 Å². The molecule has 0 atom stereocenters. The smallest absolute Gasteiger partial charge is 0.248 e. The zero-order valence-corrected chi connectivity index (χ0v) is 18.4. The molecule has 29 heavy (non-hydrogen) atoms. The highest BCUT2D eigenvalue weighted by Gasteiger charge is 2.28. The average Bonchev–Trinajstić information content (AvgIpc) is 3.11. The molecule has 3 rings (SSSR count). The van der Waals surface area contributed by atoms with Gasteiger partial charge in [-0.3, -0.25) is 0 Å². The van der Waals surface area contributed by atoms with Crippen LogP contribution in [0.2, 0.25) is 5.28 Å². The summed E-state index contributed by atoms with van der Waals surface area (Å²) in [6.45, 7) is 5.74. The minimum absolute atomic E-state index is 0.00429. The summed E-state index contributed by atoms with van der Waals surface area (Å²) in [7, 11) is -4.15. The van der Waals surface area contributed by atoms with Crippen LogP contribution < -0.4 is 5.14 Å². The van der Waals surface area contributed by atoms with Crippen molar-refractivity contribution < 1.29 is 17.2 Å². The Morgan fingerprint density at radius 3 is 2.34 bits per heavy atom. The summed E-state index contributed by atoms with van der Waals surface area (Å²) >= 11 is 6.88. The van der Waals surface area contributed by atoms with E-state index in [9.17, 15) is 8.42 Å². The molecule has 156 valence electrons. The third-order valence-electron chi connectivity index (χ3n) is 4.43. The molecule has 5 nitrogen and oxygen atoms in total. The average molecular weight is 460 g/mol. The van der Waals surface area contributed by atoms with Crippen LogP contribution in [-0.2, 0) is 23.0 Å². The molecular formula is C19H20ClF2N3O2S2. The van der Waals surface area contributed by atoms with Gasteiger partial charge in [0, 0.05) is 22.8 Å². The van der Waals surface area contributed by atoms with E-state index >= 15 is 8.78 Å². The van der Waals surface area contributed by atoms with Gasteiger partial charge in [-0.2, -0.15) is 0 Å². The maximum absolute atomic E-state index is 15.0. The van der Waals surface area contributed by atoms with Gasteiger partial charge in [0.25, 0.3) is 0 Å². The number of nitrogens with two attached hydrogens (primary N) is 1. The first-order valence-electron chi connectivity index (χ1n) is 8.79. The lowest BCUT2D eigenvalue weighted by molar-refractivity contribution is 0.582. The Bertz CT molecular complexity index is 1150. The van der Waals surface area contributed by atoms with Crippen LogP contribution in [-0.4, -0.2) is 18.0 Å². The lowest BCUT2D eigenvalue weighted by Gasteiger charge is -2.11. The number of sulfonamides is 1. The first-order chi connectivity index (χ1) is 13.5. The van der Waals surface area contributed by atoms with Gasteiger partial charge in [-0.1, -0.05) is 13.8 Å². The Kier molecular flexibility index (Phi) is 6.14. The van der Waals surface area contributed by atoms with E-state index in [1.807, 2.05) is 13.8 Å². The highest BCUT2D eigenvalue weighted by Crippen LogP contribution is 2.42. The second-order valence-corrected chi connectivity index (χ2v) is 10.4. The van der Waals surface area contributed by atoms with Gasteiger partial charge in [0.15, 0.2) is 0 Å². The topological polar surface area (TPSA) is 78.0 Å². The van der Waals surface area contributed by atoms with Crippen LogP contribution in [0.4, 0.5) is 8.78 Å². The summed E-state index contributed by atoms with van der Waals surface area (Å²) in [5, 5.41) is 5.55. The van der Waals surface area contributed by atoms with Gasteiger partial charge < -0.3 is 4.57 Å². The first-order valence-corrected chi connectivity index (χ1v) is 11.5. The summed E-state index contributed by atoms with van der Waals surface area (Å²) in [5.74, 6) is -1.48. The van der Waals surface area contributed by atoms with Crippen molar-refractivity contribution in [3.05, 3.63) is 57.4 Å². The molecule has 0 unspecified atom stereocenters. The fraction of sp³-hybridized carbons (Fsp3) is 0.316. The van der Waals surface area contributed by atoms with Crippen molar-refractivity contribution in [2.24, 2.45) is 11.1 Å². The van der Waals surface area contributed by atoms with Crippen LogP contribution >= 0.6 is 22.9 Å². The number of primary sulfonamides is 1. The van der Waals surface area contributed by atoms with Crippen molar-refractivity contribution >= 4 is 33.0 Å². The van der Waals surface area contributed by atoms with Gasteiger partial charge in [0.05, 0.1) is 12.1 Å². The Labute approximate surface area is 177 Å². The number of benzene rings is 1. The van der Waals surface area contributed by atoms with Gasteiger partial charge >= 0.3 is 0 Å². The number of halogens is 3. The molecule has 0 bridgehead atoms. The molecule has 0 spiro atoms. The minimum atomic E-state index is -4.15. The molecule has 2 aromatic heterocycles. The summed E-state index contributed by atoms with van der Waals surface area (Å²) in [4.78, 5) is 4.60. The number of rotatable bonds is 6. The fourth-order valence-electron chi connectivity index (χ4n) is 3.17. The number of aromatic nitrogens is 2. The van der Waals surface area contributed by atoms with Crippen LogP contribution in [0.3, 0.4) is 0 Å². The minimum Gasteiger partial charge on any atom is -0.317 e. The summed E-state index contributed by atoms with van der Waals surface area (Å²) < 4.78 is 55.6. The van der Waals surface area contributed by atoms with Gasteiger partial charge in [-0.05, 0) is 54.1 Å². The van der Waals surface area contributed by atoms with Crippen molar-refractivity contribution in [1.29, 1.82) is 0 Å². The summed E-state index contributed by atoms with van der Waals surface area (Å²) in [5.41, 5.74) is 0.459. The lowest BCUT2D eigenvalue weighted by atomic mass is 9.98. The largest absolute Gasteiger partial charge is 0.317 e. The molecule has 0 saturated carbocycles. The standard InChI is InChI=1S/C19H20ClF2N3O2S2/c1-10(2)6-15-11(3)16(18(28-15)29(23,26)27)17-13(21)7-12(8-14(17)22)9-25-5-4-24-19(25)20/h4-5,7-8,10H,6,9H2,1-3H3,(H2,23,26,27). The van der Waals surface area contributed by atoms with Gasteiger partial charge in [0.1, 0.15) is 15.8 Å². The van der Waals surface area contributed by atoms with E-state index in [2.05, 4.69) is 4.98 Å². The molecule has 2 N–H and O–H groups in total. The Balaban J connectivity index is 2.15. The highest BCUT2D eigenvalue weighted by molar-refractivity contribution is 7.91. The van der Waals surface area contributed by atoms with Gasteiger partial charge in [-0.15, -0.1) is 11.3 Å². The highest BCUT2D eigenvalue weighted by atomic mass is 35.5. The van der Waals surface area contributed by atoms with Crippen molar-refractivity contribution in [3.63, 3.8) is 0 Å². The van der Waals surface area contributed by atoms with Crippen molar-refractivity contribution in [1.82, 2.24) is 9.55 Å². The Morgan fingerprint density at radius 1 is 1.24 bits per heavy atom. The molecule has 0 aliphatic rings. The molecule has 0 saturated heterocycles. The summed E-state index contributed by atoms with van der Waals surface area (Å²) in [6, 6.07) is 2.34. The molecule has 3 aromatic rings. The van der Waals surface area contributed by atoms with Gasteiger partial charge in [-0.25, -0.2) is 27.3 Å². The van der Waals surface area contributed by atoms with Crippen LogP contribution in [0.1, 0.15) is 29.9 Å². The van der Waals surface area contributed by atoms with E-state index < -0.39 is 27.2 Å². The third kappa shape index (κ3) is 4.53. The molecule has 0 fully saturated rings. The quantitative estimate of drug-likeness (QED) is 0.578. The second-order valence-electron chi connectivity index (χ2n) is 7.21. The van der Waals surface area contributed by atoms with E-state index in [0.29, 0.717) is 17.5 Å². The maximum atomic E-state index is 15.0. The molecule has 0 radical (unpaired) electrons. The van der Waals surface area contributed by atoms with E-state index in [1.165, 1.54) is 22.9 Å². The van der Waals surface area contributed by atoms with Crippen LogP contribution in [0.5, 0.6) is 0 Å². The third-order valence-corrected chi connectivity index (χ3v) is 7.53. The van der Waals surface area contributed by atoms with E-state index in [1.54, 1.807) is 13.1 Å². The number of hydrogen-bond donors (Lipinski definition) is 1. The van der Waals surface area contributed by atoms with E-state index in [4.69, 9.17) is 16.7 Å². The molecule has 0 aliphatic heterocycles. The molecule has 10 heteroatoms. The van der Waals surface area contributed by atoms with Crippen LogP contribution in [0.25, 0.3) is 11.1 Å². The number of nitrogens with zero attached hydrogens (tertiary/aromatic N) is 2. The number of hydrogen-bond acceptors (Lipinski definition) is 4. The Morgan fingerprint density at radius 2 is 1.86 bits per heavy atom. The molecule has 1 aromatic carbocycles. The number of thiophene rings is 1. The summed E-state index contributed by atoms with van der Waals surface area (Å²) in [6.07, 6.45) is 3.65. The maximum Gasteiger partial charge on any atom is 0.248 e. The molecule has 2 heterocycles. The monoisotopic (exact) mass is 459 g/mol. The van der Waals surface area contributed by atoms with Gasteiger partial charge in [0.2, 0.25) is 15.3 Å². The van der Waals surface area contributed by atoms with Crippen LogP contribution in [0.15, 0.2) is 28.7 Å². The normalized spacial score (nSPS) is 12.1. The van der Waals surface area contributed by atoms with E-state index in [0.717, 1.165) is 16.2 Å². The first kappa shape index (κ1) is 21.9. The lowest BCUT2D eigenvalue weighted by Crippen LogP contribution is -2.12. The Hall–Kier alpha value is -1.81. The zero-order chi connectivity index (χ0) is 21.5.